The fourth-order valence-electron chi connectivity index (χ4n) is 3.06. The molecule has 0 atom stereocenters. The summed E-state index contributed by atoms with van der Waals surface area (Å²) in [7, 11) is 0. The topological polar surface area (TPSA) is 52.6 Å². The van der Waals surface area contributed by atoms with Crippen LogP contribution in [0.5, 0.6) is 0 Å². The maximum absolute atomic E-state index is 12.4. The monoisotopic (exact) mass is 344 g/mol. The molecule has 3 rings (SSSR count). The lowest BCUT2D eigenvalue weighted by molar-refractivity contribution is 0.0816. The first-order chi connectivity index (χ1) is 11.7. The lowest BCUT2D eigenvalue weighted by Crippen LogP contribution is -2.37. The summed E-state index contributed by atoms with van der Waals surface area (Å²) in [5.74, 6) is 0.0120. The average molecular weight is 344 g/mol. The molecule has 1 saturated heterocycles. The number of likely N-dealkylation sites (tertiary alicyclic amines) is 1. The Hall–Kier alpha value is -1.69. The van der Waals surface area contributed by atoms with Gasteiger partial charge in [-0.05, 0) is 42.8 Å². The van der Waals surface area contributed by atoms with Gasteiger partial charge in [0, 0.05) is 25.2 Å². The maximum Gasteiger partial charge on any atom is 0.261 e. The maximum atomic E-state index is 12.4. The van der Waals surface area contributed by atoms with E-state index in [1.807, 2.05) is 41.8 Å². The SMILES string of the molecule is O=C(NCCCN1CCC(O)CC1)c1sccc1-c1ccccc1. The number of carbonyl (C=O) groups excluding carboxylic acids is 1. The average Bonchev–Trinajstić information content (AvgIpc) is 3.11. The molecule has 1 aliphatic rings. The van der Waals surface area contributed by atoms with Gasteiger partial charge in [-0.3, -0.25) is 4.79 Å². The largest absolute Gasteiger partial charge is 0.393 e. The number of hydrogen-bond donors (Lipinski definition) is 2. The second-order valence-electron chi connectivity index (χ2n) is 6.21. The summed E-state index contributed by atoms with van der Waals surface area (Å²) in [4.78, 5) is 15.6. The van der Waals surface area contributed by atoms with Gasteiger partial charge < -0.3 is 15.3 Å². The molecule has 0 radical (unpaired) electrons. The number of piperidine rings is 1. The van der Waals surface area contributed by atoms with Crippen molar-refractivity contribution in [1.82, 2.24) is 10.2 Å². The van der Waals surface area contributed by atoms with Crippen LogP contribution in [0.1, 0.15) is 28.9 Å². The Morgan fingerprint density at radius 3 is 2.71 bits per heavy atom. The van der Waals surface area contributed by atoms with Crippen molar-refractivity contribution in [3.63, 3.8) is 0 Å². The van der Waals surface area contributed by atoms with E-state index in [0.717, 1.165) is 54.9 Å². The molecule has 0 bridgehead atoms. The molecule has 2 heterocycles. The molecule has 1 amide bonds. The van der Waals surface area contributed by atoms with Gasteiger partial charge in [-0.2, -0.15) is 0 Å². The number of nitrogens with zero attached hydrogens (tertiary/aromatic N) is 1. The van der Waals surface area contributed by atoms with Crippen LogP contribution in [-0.4, -0.2) is 48.2 Å². The second-order valence-corrected chi connectivity index (χ2v) is 7.13. The molecule has 1 aromatic carbocycles. The summed E-state index contributed by atoms with van der Waals surface area (Å²) >= 11 is 1.49. The van der Waals surface area contributed by atoms with Crippen molar-refractivity contribution in [2.24, 2.45) is 0 Å². The van der Waals surface area contributed by atoms with Gasteiger partial charge in [0.2, 0.25) is 0 Å². The normalized spacial score (nSPS) is 16.2. The highest BCUT2D eigenvalue weighted by atomic mass is 32.1. The highest BCUT2D eigenvalue weighted by Gasteiger charge is 2.17. The molecule has 1 fully saturated rings. The summed E-state index contributed by atoms with van der Waals surface area (Å²) in [6.45, 7) is 3.57. The van der Waals surface area contributed by atoms with E-state index < -0.39 is 0 Å². The summed E-state index contributed by atoms with van der Waals surface area (Å²) in [6, 6.07) is 12.0. The Morgan fingerprint density at radius 1 is 1.21 bits per heavy atom. The van der Waals surface area contributed by atoms with Crippen LogP contribution >= 0.6 is 11.3 Å². The predicted octanol–water partition coefficient (Wildman–Crippen LogP) is 2.99. The van der Waals surface area contributed by atoms with E-state index in [-0.39, 0.29) is 12.0 Å². The van der Waals surface area contributed by atoms with Gasteiger partial charge >= 0.3 is 0 Å². The zero-order valence-electron chi connectivity index (χ0n) is 13.8. The Balaban J connectivity index is 1.47. The van der Waals surface area contributed by atoms with Crippen molar-refractivity contribution in [3.8, 4) is 11.1 Å². The van der Waals surface area contributed by atoms with E-state index in [0.29, 0.717) is 6.54 Å². The fourth-order valence-corrected chi connectivity index (χ4v) is 3.89. The fraction of sp³-hybridized carbons (Fsp3) is 0.421. The third-order valence-corrected chi connectivity index (χ3v) is 5.36. The van der Waals surface area contributed by atoms with E-state index in [4.69, 9.17) is 0 Å². The summed E-state index contributed by atoms with van der Waals surface area (Å²) in [6.07, 6.45) is 2.54. The summed E-state index contributed by atoms with van der Waals surface area (Å²) in [5.41, 5.74) is 2.08. The molecular weight excluding hydrogens is 320 g/mol. The molecular formula is C19H24N2O2S. The van der Waals surface area contributed by atoms with Crippen molar-refractivity contribution in [3.05, 3.63) is 46.7 Å². The number of rotatable bonds is 6. The lowest BCUT2D eigenvalue weighted by atomic mass is 10.1. The molecule has 4 nitrogen and oxygen atoms in total. The van der Waals surface area contributed by atoms with Crippen LogP contribution in [0, 0.1) is 0 Å². The predicted molar refractivity (Wildman–Crippen MR) is 98.4 cm³/mol. The molecule has 0 saturated carbocycles. The van der Waals surface area contributed by atoms with E-state index in [1.165, 1.54) is 11.3 Å². The summed E-state index contributed by atoms with van der Waals surface area (Å²) < 4.78 is 0. The molecule has 1 aromatic heterocycles. The number of aliphatic hydroxyl groups is 1. The molecule has 1 aliphatic heterocycles. The van der Waals surface area contributed by atoms with E-state index in [9.17, 15) is 9.90 Å². The first-order valence-corrected chi connectivity index (χ1v) is 9.43. The zero-order chi connectivity index (χ0) is 16.8. The number of thiophene rings is 1. The Labute approximate surface area is 147 Å². The molecule has 0 spiro atoms. The smallest absolute Gasteiger partial charge is 0.261 e. The van der Waals surface area contributed by atoms with Gasteiger partial charge in [0.15, 0.2) is 0 Å². The van der Waals surface area contributed by atoms with Crippen molar-refractivity contribution >= 4 is 17.2 Å². The van der Waals surface area contributed by atoms with Crippen molar-refractivity contribution in [1.29, 1.82) is 0 Å². The first kappa shape index (κ1) is 17.1. The van der Waals surface area contributed by atoms with Crippen molar-refractivity contribution in [2.45, 2.75) is 25.4 Å². The summed E-state index contributed by atoms with van der Waals surface area (Å²) in [5, 5.41) is 14.5. The van der Waals surface area contributed by atoms with E-state index in [2.05, 4.69) is 10.2 Å². The Morgan fingerprint density at radius 2 is 1.96 bits per heavy atom. The van der Waals surface area contributed by atoms with Crippen LogP contribution in [0.3, 0.4) is 0 Å². The highest BCUT2D eigenvalue weighted by Crippen LogP contribution is 2.27. The van der Waals surface area contributed by atoms with E-state index >= 15 is 0 Å². The van der Waals surface area contributed by atoms with Gasteiger partial charge in [0.1, 0.15) is 0 Å². The van der Waals surface area contributed by atoms with Crippen molar-refractivity contribution < 1.29 is 9.90 Å². The Kier molecular flexibility index (Phi) is 6.01. The minimum Gasteiger partial charge on any atom is -0.393 e. The van der Waals surface area contributed by atoms with Gasteiger partial charge in [0.25, 0.3) is 5.91 Å². The lowest BCUT2D eigenvalue weighted by Gasteiger charge is -2.29. The molecule has 2 aromatic rings. The quantitative estimate of drug-likeness (QED) is 0.792. The third-order valence-electron chi connectivity index (χ3n) is 4.45. The van der Waals surface area contributed by atoms with Crippen LogP contribution in [0.4, 0.5) is 0 Å². The number of hydrogen-bond acceptors (Lipinski definition) is 4. The van der Waals surface area contributed by atoms with Crippen LogP contribution in [0.25, 0.3) is 11.1 Å². The van der Waals surface area contributed by atoms with Crippen LogP contribution < -0.4 is 5.32 Å². The highest BCUT2D eigenvalue weighted by molar-refractivity contribution is 7.12. The Bertz CT molecular complexity index is 648. The number of amides is 1. The van der Waals surface area contributed by atoms with Crippen LogP contribution in [0.15, 0.2) is 41.8 Å². The van der Waals surface area contributed by atoms with Gasteiger partial charge in [-0.1, -0.05) is 30.3 Å². The molecule has 2 N–H and O–H groups in total. The standard InChI is InChI=1S/C19H24N2O2S/c22-16-7-12-21(13-8-16)11-4-10-20-19(23)18-17(9-14-24-18)15-5-2-1-3-6-15/h1-3,5-6,9,14,16,22H,4,7-8,10-13H2,(H,20,23). The van der Waals surface area contributed by atoms with E-state index in [1.54, 1.807) is 0 Å². The third kappa shape index (κ3) is 4.44. The first-order valence-electron chi connectivity index (χ1n) is 8.55. The molecule has 128 valence electrons. The number of aliphatic hydroxyl groups excluding tert-OH is 1. The van der Waals surface area contributed by atoms with Gasteiger partial charge in [-0.25, -0.2) is 0 Å². The van der Waals surface area contributed by atoms with Gasteiger partial charge in [0.05, 0.1) is 11.0 Å². The molecule has 24 heavy (non-hydrogen) atoms. The minimum absolute atomic E-state index is 0.0120. The minimum atomic E-state index is -0.129. The second kappa shape index (κ2) is 8.42. The molecule has 0 aliphatic carbocycles. The van der Waals surface area contributed by atoms with Crippen molar-refractivity contribution in [2.75, 3.05) is 26.2 Å². The molecule has 5 heteroatoms. The van der Waals surface area contributed by atoms with Crippen LogP contribution in [-0.2, 0) is 0 Å². The zero-order valence-corrected chi connectivity index (χ0v) is 14.6. The van der Waals surface area contributed by atoms with Gasteiger partial charge in [-0.15, -0.1) is 11.3 Å². The van der Waals surface area contributed by atoms with Crippen LogP contribution in [0.2, 0.25) is 0 Å². The molecule has 0 unspecified atom stereocenters. The number of nitrogens with one attached hydrogen (secondary N) is 1. The number of benzene rings is 1. The number of carbonyl (C=O) groups is 1.